The first-order chi connectivity index (χ1) is 11.0. The molecule has 122 valence electrons. The maximum Gasteiger partial charge on any atom is 0.407 e. The Balaban J connectivity index is 1.80. The average molecular weight is 320 g/mol. The Bertz CT molecular complexity index is 608. The van der Waals surface area contributed by atoms with E-state index in [1.165, 1.54) is 12.1 Å². The molecule has 0 aromatic heterocycles. The van der Waals surface area contributed by atoms with Gasteiger partial charge in [0, 0.05) is 13.0 Å². The topological polar surface area (TPSA) is 102 Å². The van der Waals surface area contributed by atoms with Crippen molar-refractivity contribution in [2.45, 2.75) is 19.8 Å². The molecule has 8 nitrogen and oxygen atoms in total. The number of imide groups is 1. The quantitative estimate of drug-likeness (QED) is 0.625. The zero-order chi connectivity index (χ0) is 16.8. The predicted molar refractivity (Wildman–Crippen MR) is 77.3 cm³/mol. The summed E-state index contributed by atoms with van der Waals surface area (Å²) >= 11 is 0. The molecule has 0 fully saturated rings. The summed E-state index contributed by atoms with van der Waals surface area (Å²) in [6.07, 6.45) is -0.332. The Morgan fingerprint density at radius 3 is 2.30 bits per heavy atom. The molecule has 0 bridgehead atoms. The molecule has 1 aliphatic heterocycles. The first-order valence-corrected chi connectivity index (χ1v) is 7.13. The number of rotatable bonds is 6. The van der Waals surface area contributed by atoms with Crippen molar-refractivity contribution in [3.05, 3.63) is 35.4 Å². The van der Waals surface area contributed by atoms with Crippen LogP contribution in [0, 0.1) is 0 Å². The summed E-state index contributed by atoms with van der Waals surface area (Å²) in [5.41, 5.74) is 0.406. The van der Waals surface area contributed by atoms with Crippen LogP contribution < -0.4 is 5.32 Å². The van der Waals surface area contributed by atoms with Crippen LogP contribution in [0.3, 0.4) is 0 Å². The second-order valence-corrected chi connectivity index (χ2v) is 4.66. The molecule has 0 saturated carbocycles. The van der Waals surface area contributed by atoms with Gasteiger partial charge in [0.25, 0.3) is 11.8 Å². The summed E-state index contributed by atoms with van der Waals surface area (Å²) in [4.78, 5) is 51.5. The van der Waals surface area contributed by atoms with Crippen LogP contribution in [-0.2, 0) is 14.4 Å². The largest absolute Gasteiger partial charge is 0.450 e. The molecule has 8 heteroatoms. The lowest BCUT2D eigenvalue weighted by Gasteiger charge is -2.12. The van der Waals surface area contributed by atoms with Gasteiger partial charge in [0.15, 0.2) is 0 Å². The minimum absolute atomic E-state index is 0.0557. The Hall–Kier alpha value is -2.90. The van der Waals surface area contributed by atoms with E-state index < -0.39 is 23.9 Å². The molecular weight excluding hydrogens is 304 g/mol. The molecule has 0 unspecified atom stereocenters. The summed E-state index contributed by atoms with van der Waals surface area (Å²) in [7, 11) is 0. The van der Waals surface area contributed by atoms with Crippen molar-refractivity contribution in [1.82, 2.24) is 10.4 Å². The van der Waals surface area contributed by atoms with Crippen molar-refractivity contribution < 1.29 is 28.8 Å². The van der Waals surface area contributed by atoms with Gasteiger partial charge in [-0.15, -0.1) is 0 Å². The molecule has 0 radical (unpaired) electrons. The SMILES string of the molecule is CCOC(=O)NCCCC(=O)ON1C(=O)c2ccccc2C1=O. The van der Waals surface area contributed by atoms with Crippen molar-refractivity contribution in [2.24, 2.45) is 0 Å². The van der Waals surface area contributed by atoms with Gasteiger partial charge in [-0.1, -0.05) is 17.2 Å². The molecule has 1 heterocycles. The van der Waals surface area contributed by atoms with Gasteiger partial charge in [0.2, 0.25) is 0 Å². The Morgan fingerprint density at radius 2 is 1.74 bits per heavy atom. The second-order valence-electron chi connectivity index (χ2n) is 4.66. The summed E-state index contributed by atoms with van der Waals surface area (Å²) in [6, 6.07) is 6.23. The lowest BCUT2D eigenvalue weighted by Crippen LogP contribution is -2.33. The number of benzene rings is 1. The fraction of sp³-hybridized carbons (Fsp3) is 0.333. The van der Waals surface area contributed by atoms with E-state index in [2.05, 4.69) is 10.1 Å². The van der Waals surface area contributed by atoms with E-state index in [0.717, 1.165) is 0 Å². The van der Waals surface area contributed by atoms with Crippen molar-refractivity contribution in [3.8, 4) is 0 Å². The van der Waals surface area contributed by atoms with Crippen LogP contribution in [0.1, 0.15) is 40.5 Å². The monoisotopic (exact) mass is 320 g/mol. The number of hydroxylamine groups is 2. The highest BCUT2D eigenvalue weighted by atomic mass is 16.7. The van der Waals surface area contributed by atoms with Gasteiger partial charge in [0.05, 0.1) is 17.7 Å². The molecule has 0 spiro atoms. The number of nitrogens with zero attached hydrogens (tertiary/aromatic N) is 1. The highest BCUT2D eigenvalue weighted by Crippen LogP contribution is 2.22. The number of carbonyl (C=O) groups is 4. The minimum Gasteiger partial charge on any atom is -0.450 e. The summed E-state index contributed by atoms with van der Waals surface area (Å²) in [5.74, 6) is -2.06. The van der Waals surface area contributed by atoms with Crippen LogP contribution in [0.25, 0.3) is 0 Å². The number of fused-ring (bicyclic) bond motifs is 1. The Labute approximate surface area is 132 Å². The molecule has 0 aliphatic carbocycles. The van der Waals surface area contributed by atoms with Crippen LogP contribution in [0.5, 0.6) is 0 Å². The maximum atomic E-state index is 12.0. The van der Waals surface area contributed by atoms with Gasteiger partial charge >= 0.3 is 12.1 Å². The number of carbonyl (C=O) groups excluding carboxylic acids is 4. The van der Waals surface area contributed by atoms with Crippen molar-refractivity contribution in [3.63, 3.8) is 0 Å². The molecule has 1 aromatic carbocycles. The highest BCUT2D eigenvalue weighted by Gasteiger charge is 2.38. The molecule has 3 amide bonds. The summed E-state index contributed by atoms with van der Waals surface area (Å²) < 4.78 is 4.66. The van der Waals surface area contributed by atoms with Crippen LogP contribution in [0.2, 0.25) is 0 Å². The maximum absolute atomic E-state index is 12.0. The number of alkyl carbamates (subject to hydrolysis) is 1. The average Bonchev–Trinajstić information content (AvgIpc) is 2.77. The predicted octanol–water partition coefficient (Wildman–Crippen LogP) is 1.27. The molecule has 0 atom stereocenters. The third kappa shape index (κ3) is 3.85. The standard InChI is InChI=1S/C15H16N2O6/c1-2-22-15(21)16-9-5-8-12(18)23-17-13(19)10-6-3-4-7-11(10)14(17)20/h3-4,6-7H,2,5,8-9H2,1H3,(H,16,21). The van der Waals surface area contributed by atoms with E-state index in [1.54, 1.807) is 19.1 Å². The number of nitrogens with one attached hydrogen (secondary N) is 1. The van der Waals surface area contributed by atoms with Crippen molar-refractivity contribution in [2.75, 3.05) is 13.2 Å². The van der Waals surface area contributed by atoms with Gasteiger partial charge in [0.1, 0.15) is 0 Å². The lowest BCUT2D eigenvalue weighted by atomic mass is 10.1. The zero-order valence-electron chi connectivity index (χ0n) is 12.5. The number of hydrogen-bond acceptors (Lipinski definition) is 6. The third-order valence-corrected chi connectivity index (χ3v) is 3.05. The van der Waals surface area contributed by atoms with E-state index in [0.29, 0.717) is 11.5 Å². The first kappa shape index (κ1) is 16.5. The normalized spacial score (nSPS) is 12.8. The third-order valence-electron chi connectivity index (χ3n) is 3.05. The minimum atomic E-state index is -0.731. The molecule has 1 aliphatic rings. The Morgan fingerprint density at radius 1 is 1.13 bits per heavy atom. The van der Waals surface area contributed by atoms with Crippen molar-refractivity contribution in [1.29, 1.82) is 0 Å². The number of hydrogen-bond donors (Lipinski definition) is 1. The van der Waals surface area contributed by atoms with Crippen LogP contribution in [-0.4, -0.2) is 42.1 Å². The van der Waals surface area contributed by atoms with E-state index >= 15 is 0 Å². The molecule has 2 rings (SSSR count). The van der Waals surface area contributed by atoms with Crippen LogP contribution in [0.4, 0.5) is 4.79 Å². The molecular formula is C15H16N2O6. The molecule has 23 heavy (non-hydrogen) atoms. The number of ether oxygens (including phenoxy) is 1. The fourth-order valence-electron chi connectivity index (χ4n) is 2.00. The van der Waals surface area contributed by atoms with E-state index in [9.17, 15) is 19.2 Å². The van der Waals surface area contributed by atoms with Gasteiger partial charge in [-0.25, -0.2) is 9.59 Å². The lowest BCUT2D eigenvalue weighted by molar-refractivity contribution is -0.168. The highest BCUT2D eigenvalue weighted by molar-refractivity contribution is 6.20. The van der Waals surface area contributed by atoms with E-state index in [1.807, 2.05) is 0 Å². The first-order valence-electron chi connectivity index (χ1n) is 7.13. The second kappa shape index (κ2) is 7.39. The molecule has 1 N–H and O–H groups in total. The zero-order valence-corrected chi connectivity index (χ0v) is 12.5. The summed E-state index contributed by atoms with van der Waals surface area (Å²) in [5, 5.41) is 2.91. The van der Waals surface area contributed by atoms with Crippen molar-refractivity contribution >= 4 is 23.9 Å². The van der Waals surface area contributed by atoms with E-state index in [-0.39, 0.29) is 30.7 Å². The molecule has 1 aromatic rings. The van der Waals surface area contributed by atoms with Gasteiger partial charge in [-0.3, -0.25) is 9.59 Å². The smallest absolute Gasteiger partial charge is 0.407 e. The van der Waals surface area contributed by atoms with Crippen LogP contribution in [0.15, 0.2) is 24.3 Å². The Kier molecular flexibility index (Phi) is 5.29. The van der Waals surface area contributed by atoms with E-state index in [4.69, 9.17) is 4.84 Å². The fourth-order valence-corrected chi connectivity index (χ4v) is 2.00. The molecule has 0 saturated heterocycles. The number of amides is 3. The van der Waals surface area contributed by atoms with Gasteiger partial charge in [-0.2, -0.15) is 0 Å². The van der Waals surface area contributed by atoms with Gasteiger partial charge in [-0.05, 0) is 25.5 Å². The van der Waals surface area contributed by atoms with Gasteiger partial charge < -0.3 is 14.9 Å². The summed E-state index contributed by atoms with van der Waals surface area (Å²) in [6.45, 7) is 2.16. The van der Waals surface area contributed by atoms with Crippen LogP contribution >= 0.6 is 0 Å².